The molecule has 4 aromatic rings. The number of rotatable bonds is 3. The maximum absolute atomic E-state index is 13.1. The van der Waals surface area contributed by atoms with Gasteiger partial charge in [0.15, 0.2) is 5.58 Å². The summed E-state index contributed by atoms with van der Waals surface area (Å²) in [6.07, 6.45) is 0. The summed E-state index contributed by atoms with van der Waals surface area (Å²) in [5, 5.41) is 2.90. The Bertz CT molecular complexity index is 1160. The largest absolute Gasteiger partial charge is 0.436 e. The van der Waals surface area contributed by atoms with Gasteiger partial charge < -0.3 is 9.73 Å². The molecule has 0 bridgehead atoms. The number of oxazole rings is 1. The number of aromatic nitrogens is 1. The first-order valence-corrected chi connectivity index (χ1v) is 10.1. The second-order valence-electron chi connectivity index (χ2n) is 5.79. The Balaban J connectivity index is 1.62. The second-order valence-corrected chi connectivity index (χ2v) is 8.19. The molecule has 1 heterocycles. The van der Waals surface area contributed by atoms with Crippen LogP contribution in [0.15, 0.2) is 65.1 Å². The van der Waals surface area contributed by atoms with Gasteiger partial charge in [-0.25, -0.2) is 9.37 Å². The van der Waals surface area contributed by atoms with Crippen LogP contribution in [-0.4, -0.2) is 10.9 Å². The predicted molar refractivity (Wildman–Crippen MR) is 119 cm³/mol. The molecule has 0 aliphatic heterocycles. The molecule has 4 rings (SSSR count). The Kier molecular flexibility index (Phi) is 5.13. The van der Waals surface area contributed by atoms with E-state index in [1.165, 1.54) is 12.1 Å². The molecule has 0 saturated heterocycles. The molecule has 0 aliphatic rings. The van der Waals surface area contributed by atoms with Crippen molar-refractivity contribution in [2.45, 2.75) is 0 Å². The van der Waals surface area contributed by atoms with E-state index in [0.29, 0.717) is 33.8 Å². The molecule has 1 N–H and O–H groups in total. The zero-order chi connectivity index (χ0) is 19.0. The van der Waals surface area contributed by atoms with Crippen LogP contribution in [0.25, 0.3) is 22.6 Å². The van der Waals surface area contributed by atoms with Crippen molar-refractivity contribution in [1.82, 2.24) is 4.98 Å². The van der Waals surface area contributed by atoms with Crippen LogP contribution in [0.5, 0.6) is 0 Å². The SMILES string of the molecule is O=C(Nc1ccc2oc(-c3ccc(F)cc3)nc2c1)c1cc(I)ccc1I. The van der Waals surface area contributed by atoms with Crippen LogP contribution >= 0.6 is 45.2 Å². The highest BCUT2D eigenvalue weighted by Gasteiger charge is 2.13. The third-order valence-corrected chi connectivity index (χ3v) is 5.52. The Morgan fingerprint density at radius 3 is 2.56 bits per heavy atom. The zero-order valence-electron chi connectivity index (χ0n) is 13.7. The van der Waals surface area contributed by atoms with E-state index in [-0.39, 0.29) is 11.7 Å². The number of benzene rings is 3. The van der Waals surface area contributed by atoms with Crippen molar-refractivity contribution >= 4 is 67.9 Å². The Hall–Kier alpha value is -2.01. The van der Waals surface area contributed by atoms with E-state index in [1.807, 2.05) is 18.2 Å². The fourth-order valence-electron chi connectivity index (χ4n) is 2.59. The summed E-state index contributed by atoms with van der Waals surface area (Å²) in [5.74, 6) is -0.0924. The van der Waals surface area contributed by atoms with Crippen molar-refractivity contribution in [3.8, 4) is 11.5 Å². The molecule has 4 nitrogen and oxygen atoms in total. The highest BCUT2D eigenvalue weighted by Crippen LogP contribution is 2.27. The molecule has 0 atom stereocenters. The molecule has 0 radical (unpaired) electrons. The summed E-state index contributed by atoms with van der Waals surface area (Å²) in [6, 6.07) is 16.9. The average molecular weight is 584 g/mol. The molecule has 0 spiro atoms. The minimum Gasteiger partial charge on any atom is -0.436 e. The van der Waals surface area contributed by atoms with E-state index in [4.69, 9.17) is 4.42 Å². The molecule has 3 aromatic carbocycles. The maximum Gasteiger partial charge on any atom is 0.256 e. The van der Waals surface area contributed by atoms with E-state index in [1.54, 1.807) is 30.3 Å². The van der Waals surface area contributed by atoms with E-state index in [9.17, 15) is 9.18 Å². The zero-order valence-corrected chi connectivity index (χ0v) is 18.0. The van der Waals surface area contributed by atoms with Gasteiger partial charge in [-0.15, -0.1) is 0 Å². The Labute approximate surface area is 181 Å². The molecule has 0 aliphatic carbocycles. The van der Waals surface area contributed by atoms with Gasteiger partial charge in [-0.3, -0.25) is 4.79 Å². The maximum atomic E-state index is 13.1. The number of hydrogen-bond donors (Lipinski definition) is 1. The predicted octanol–water partition coefficient (Wildman–Crippen LogP) is 6.10. The van der Waals surface area contributed by atoms with E-state index in [0.717, 1.165) is 7.14 Å². The number of amides is 1. The first-order valence-electron chi connectivity index (χ1n) is 7.92. The fourth-order valence-corrected chi connectivity index (χ4v) is 3.66. The van der Waals surface area contributed by atoms with Crippen molar-refractivity contribution < 1.29 is 13.6 Å². The standard InChI is InChI=1S/C20H11FI2N2O2/c21-12-3-1-11(2-4-12)20-25-17-10-14(6-8-18(17)27-20)24-19(26)15-9-13(22)5-7-16(15)23/h1-10H,(H,24,26). The topological polar surface area (TPSA) is 55.1 Å². The van der Waals surface area contributed by atoms with Gasteiger partial charge in [-0.2, -0.15) is 0 Å². The minimum atomic E-state index is -0.315. The third kappa shape index (κ3) is 3.98. The lowest BCUT2D eigenvalue weighted by atomic mass is 10.2. The molecule has 134 valence electrons. The first-order chi connectivity index (χ1) is 13.0. The number of hydrogen-bond acceptors (Lipinski definition) is 3. The van der Waals surface area contributed by atoms with Crippen molar-refractivity contribution in [3.05, 3.63) is 79.2 Å². The summed E-state index contributed by atoms with van der Waals surface area (Å²) in [6.45, 7) is 0. The van der Waals surface area contributed by atoms with E-state index < -0.39 is 0 Å². The van der Waals surface area contributed by atoms with Gasteiger partial charge in [0.1, 0.15) is 11.3 Å². The van der Waals surface area contributed by atoms with Crippen LogP contribution in [0.4, 0.5) is 10.1 Å². The number of fused-ring (bicyclic) bond motifs is 1. The summed E-state index contributed by atoms with van der Waals surface area (Å²) in [7, 11) is 0. The first kappa shape index (κ1) is 18.4. The Morgan fingerprint density at radius 2 is 1.78 bits per heavy atom. The summed E-state index contributed by atoms with van der Waals surface area (Å²) in [4.78, 5) is 17.0. The summed E-state index contributed by atoms with van der Waals surface area (Å²) in [5.41, 5.74) is 3.14. The lowest BCUT2D eigenvalue weighted by Crippen LogP contribution is -2.13. The molecular formula is C20H11FI2N2O2. The molecule has 1 aromatic heterocycles. The number of anilines is 1. The van der Waals surface area contributed by atoms with Crippen molar-refractivity contribution in [2.24, 2.45) is 0 Å². The summed E-state index contributed by atoms with van der Waals surface area (Å²) < 4.78 is 20.7. The highest BCUT2D eigenvalue weighted by molar-refractivity contribution is 14.1. The number of nitrogens with one attached hydrogen (secondary N) is 1. The summed E-state index contributed by atoms with van der Waals surface area (Å²) >= 11 is 4.32. The van der Waals surface area contributed by atoms with Crippen LogP contribution < -0.4 is 5.32 Å². The van der Waals surface area contributed by atoms with Gasteiger partial charge in [-0.1, -0.05) is 0 Å². The number of halogens is 3. The molecule has 1 amide bonds. The smallest absolute Gasteiger partial charge is 0.256 e. The van der Waals surface area contributed by atoms with Crippen LogP contribution in [0.1, 0.15) is 10.4 Å². The average Bonchev–Trinajstić information content (AvgIpc) is 3.07. The number of carbonyl (C=O) groups excluding carboxylic acids is 1. The van der Waals surface area contributed by atoms with Crippen LogP contribution in [0, 0.1) is 13.0 Å². The quantitative estimate of drug-likeness (QED) is 0.297. The molecule has 0 unspecified atom stereocenters. The number of carbonyl (C=O) groups is 1. The van der Waals surface area contributed by atoms with Crippen LogP contribution in [-0.2, 0) is 0 Å². The Morgan fingerprint density at radius 1 is 1.00 bits per heavy atom. The van der Waals surface area contributed by atoms with Gasteiger partial charge in [0.25, 0.3) is 5.91 Å². The van der Waals surface area contributed by atoms with Gasteiger partial charge >= 0.3 is 0 Å². The molecule has 0 saturated carbocycles. The van der Waals surface area contributed by atoms with Crippen LogP contribution in [0.3, 0.4) is 0 Å². The molecule has 27 heavy (non-hydrogen) atoms. The van der Waals surface area contributed by atoms with Crippen molar-refractivity contribution in [1.29, 1.82) is 0 Å². The van der Waals surface area contributed by atoms with Gasteiger partial charge in [0.2, 0.25) is 5.89 Å². The van der Waals surface area contributed by atoms with Gasteiger partial charge in [0.05, 0.1) is 5.56 Å². The second kappa shape index (κ2) is 7.55. The molecular weight excluding hydrogens is 573 g/mol. The number of nitrogens with zero attached hydrogens (tertiary/aromatic N) is 1. The minimum absolute atomic E-state index is 0.181. The highest BCUT2D eigenvalue weighted by atomic mass is 127. The lowest BCUT2D eigenvalue weighted by Gasteiger charge is -2.07. The van der Waals surface area contributed by atoms with Crippen LogP contribution in [0.2, 0.25) is 0 Å². The molecule has 7 heteroatoms. The van der Waals surface area contributed by atoms with Crippen molar-refractivity contribution in [2.75, 3.05) is 5.32 Å². The van der Waals surface area contributed by atoms with Crippen molar-refractivity contribution in [3.63, 3.8) is 0 Å². The lowest BCUT2D eigenvalue weighted by molar-refractivity contribution is 0.102. The van der Waals surface area contributed by atoms with E-state index in [2.05, 4.69) is 55.5 Å². The van der Waals surface area contributed by atoms with E-state index >= 15 is 0 Å². The third-order valence-electron chi connectivity index (χ3n) is 3.91. The monoisotopic (exact) mass is 584 g/mol. The van der Waals surface area contributed by atoms with Gasteiger partial charge in [-0.05, 0) is 106 Å². The fraction of sp³-hybridized carbons (Fsp3) is 0. The normalized spacial score (nSPS) is 10.9. The van der Waals surface area contributed by atoms with Gasteiger partial charge in [0, 0.05) is 18.4 Å². The molecule has 0 fully saturated rings.